The Morgan fingerprint density at radius 1 is 1.25 bits per heavy atom. The van der Waals surface area contributed by atoms with Crippen LogP contribution < -0.4 is 10.4 Å². The summed E-state index contributed by atoms with van der Waals surface area (Å²) >= 11 is 0. The Morgan fingerprint density at radius 2 is 2.04 bits per heavy atom. The smallest absolute Gasteiger partial charge is 0.336 e. The van der Waals surface area contributed by atoms with Crippen LogP contribution in [0.4, 0.5) is 0 Å². The Morgan fingerprint density at radius 3 is 2.75 bits per heavy atom. The van der Waals surface area contributed by atoms with Crippen LogP contribution in [0, 0.1) is 20.8 Å². The van der Waals surface area contributed by atoms with Crippen molar-refractivity contribution in [3.8, 4) is 5.75 Å². The molecule has 0 amide bonds. The van der Waals surface area contributed by atoms with Crippen LogP contribution in [0.5, 0.6) is 5.75 Å². The summed E-state index contributed by atoms with van der Waals surface area (Å²) in [6.07, 6.45) is -0.691. The topological polar surface area (TPSA) is 77.5 Å². The molecule has 24 heavy (non-hydrogen) atoms. The van der Waals surface area contributed by atoms with E-state index in [1.165, 1.54) is 6.07 Å². The van der Waals surface area contributed by atoms with Gasteiger partial charge in [0.05, 0.1) is 12.2 Å². The van der Waals surface area contributed by atoms with Gasteiger partial charge < -0.3 is 14.3 Å². The van der Waals surface area contributed by atoms with Gasteiger partial charge >= 0.3 is 5.63 Å². The fourth-order valence-electron chi connectivity index (χ4n) is 2.70. The molecule has 1 N–H and O–H groups in total. The molecule has 0 radical (unpaired) electrons. The van der Waals surface area contributed by atoms with Crippen LogP contribution >= 0.6 is 0 Å². The molecule has 0 fully saturated rings. The zero-order valence-corrected chi connectivity index (χ0v) is 13.9. The number of hydrogen-bond acceptors (Lipinski definition) is 5. The molecular formula is C18H20N2O4. The standard InChI is InChI=1S/C18H20N2O4/c1-11-6-18(22)24-17-8-15(4-5-16(11)17)23-10-14(21)9-20-13(3)7-12(2)19-20/h4-8,14,21H,9-10H2,1-3H3. The van der Waals surface area contributed by atoms with E-state index in [1.807, 2.05) is 32.9 Å². The van der Waals surface area contributed by atoms with Gasteiger partial charge in [0.25, 0.3) is 0 Å². The monoisotopic (exact) mass is 328 g/mol. The van der Waals surface area contributed by atoms with Gasteiger partial charge in [0, 0.05) is 23.2 Å². The third-order valence-corrected chi connectivity index (χ3v) is 3.85. The van der Waals surface area contributed by atoms with Crippen LogP contribution in [0.3, 0.4) is 0 Å². The van der Waals surface area contributed by atoms with E-state index in [2.05, 4.69) is 5.10 Å². The molecule has 6 nitrogen and oxygen atoms in total. The molecule has 0 spiro atoms. The minimum Gasteiger partial charge on any atom is -0.491 e. The zero-order valence-electron chi connectivity index (χ0n) is 13.9. The highest BCUT2D eigenvalue weighted by Gasteiger charge is 2.10. The van der Waals surface area contributed by atoms with Gasteiger partial charge in [0.2, 0.25) is 0 Å². The SMILES string of the molecule is Cc1cc(C)n(CC(O)COc2ccc3c(C)cc(=O)oc3c2)n1. The summed E-state index contributed by atoms with van der Waals surface area (Å²) in [5.41, 5.74) is 2.86. The quantitative estimate of drug-likeness (QED) is 0.728. The molecule has 1 atom stereocenters. The Bertz CT molecular complexity index is 926. The lowest BCUT2D eigenvalue weighted by molar-refractivity contribution is 0.0887. The first-order valence-corrected chi connectivity index (χ1v) is 7.79. The molecular weight excluding hydrogens is 308 g/mol. The summed E-state index contributed by atoms with van der Waals surface area (Å²) in [4.78, 5) is 11.5. The first-order valence-electron chi connectivity index (χ1n) is 7.79. The van der Waals surface area contributed by atoms with E-state index in [0.717, 1.165) is 22.3 Å². The molecule has 2 heterocycles. The second-order valence-corrected chi connectivity index (χ2v) is 5.98. The molecule has 6 heteroatoms. The maximum atomic E-state index is 11.5. The molecule has 0 bridgehead atoms. The second-order valence-electron chi connectivity index (χ2n) is 5.98. The average Bonchev–Trinajstić information content (AvgIpc) is 2.82. The molecule has 1 unspecified atom stereocenters. The van der Waals surface area contributed by atoms with Gasteiger partial charge in [-0.25, -0.2) is 4.79 Å². The van der Waals surface area contributed by atoms with Gasteiger partial charge in [-0.3, -0.25) is 4.68 Å². The molecule has 0 aliphatic rings. The van der Waals surface area contributed by atoms with Gasteiger partial charge in [-0.15, -0.1) is 0 Å². The van der Waals surface area contributed by atoms with Crippen LogP contribution in [-0.2, 0) is 6.54 Å². The van der Waals surface area contributed by atoms with Crippen LogP contribution in [0.1, 0.15) is 17.0 Å². The summed E-state index contributed by atoms with van der Waals surface area (Å²) in [5, 5.41) is 15.3. The number of ether oxygens (including phenoxy) is 1. The fraction of sp³-hybridized carbons (Fsp3) is 0.333. The summed E-state index contributed by atoms with van der Waals surface area (Å²) in [5.74, 6) is 0.545. The van der Waals surface area contributed by atoms with Crippen LogP contribution in [0.25, 0.3) is 11.0 Å². The summed E-state index contributed by atoms with van der Waals surface area (Å²) < 4.78 is 12.6. The van der Waals surface area contributed by atoms with Gasteiger partial charge in [-0.1, -0.05) is 0 Å². The Labute approximate surface area is 139 Å². The molecule has 2 aromatic heterocycles. The lowest BCUT2D eigenvalue weighted by Gasteiger charge is -2.14. The average molecular weight is 328 g/mol. The van der Waals surface area contributed by atoms with Gasteiger partial charge in [0.1, 0.15) is 24.0 Å². The number of hydrogen-bond donors (Lipinski definition) is 1. The highest BCUT2D eigenvalue weighted by molar-refractivity contribution is 5.81. The van der Waals surface area contributed by atoms with E-state index in [-0.39, 0.29) is 12.2 Å². The predicted octanol–water partition coefficient (Wildman–Crippen LogP) is 2.35. The van der Waals surface area contributed by atoms with E-state index in [0.29, 0.717) is 17.9 Å². The predicted molar refractivity (Wildman–Crippen MR) is 90.4 cm³/mol. The molecule has 126 valence electrons. The highest BCUT2D eigenvalue weighted by atomic mass is 16.5. The minimum atomic E-state index is -0.691. The van der Waals surface area contributed by atoms with E-state index in [4.69, 9.17) is 9.15 Å². The number of rotatable bonds is 5. The third-order valence-electron chi connectivity index (χ3n) is 3.85. The molecule has 3 aromatic rings. The number of nitrogens with zero attached hydrogens (tertiary/aromatic N) is 2. The largest absolute Gasteiger partial charge is 0.491 e. The van der Waals surface area contributed by atoms with Gasteiger partial charge in [-0.2, -0.15) is 5.10 Å². The van der Waals surface area contributed by atoms with Crippen LogP contribution in [-0.4, -0.2) is 27.6 Å². The molecule has 0 aliphatic heterocycles. The number of fused-ring (bicyclic) bond motifs is 1. The number of benzene rings is 1. The number of aliphatic hydroxyl groups is 1. The maximum absolute atomic E-state index is 11.5. The normalized spacial score (nSPS) is 12.5. The van der Waals surface area contributed by atoms with E-state index in [1.54, 1.807) is 16.8 Å². The maximum Gasteiger partial charge on any atom is 0.336 e. The van der Waals surface area contributed by atoms with Gasteiger partial charge in [0.15, 0.2) is 0 Å². The Hall–Kier alpha value is -2.60. The number of aromatic nitrogens is 2. The number of aryl methyl sites for hydroxylation is 3. The summed E-state index contributed by atoms with van der Waals surface area (Å²) in [6.45, 7) is 6.21. The van der Waals surface area contributed by atoms with Crippen molar-refractivity contribution in [1.29, 1.82) is 0 Å². The van der Waals surface area contributed by atoms with E-state index < -0.39 is 6.10 Å². The lowest BCUT2D eigenvalue weighted by atomic mass is 10.1. The fourth-order valence-corrected chi connectivity index (χ4v) is 2.70. The van der Waals surface area contributed by atoms with Crippen molar-refractivity contribution in [2.75, 3.05) is 6.61 Å². The van der Waals surface area contributed by atoms with Crippen molar-refractivity contribution in [1.82, 2.24) is 9.78 Å². The van der Waals surface area contributed by atoms with E-state index in [9.17, 15) is 9.90 Å². The highest BCUT2D eigenvalue weighted by Crippen LogP contribution is 2.22. The molecule has 0 saturated carbocycles. The third kappa shape index (κ3) is 3.49. The molecule has 3 rings (SSSR count). The van der Waals surface area contributed by atoms with E-state index >= 15 is 0 Å². The lowest BCUT2D eigenvalue weighted by Crippen LogP contribution is -2.24. The van der Waals surface area contributed by atoms with Crippen LogP contribution in [0.15, 0.2) is 39.5 Å². The Balaban J connectivity index is 1.69. The number of aliphatic hydroxyl groups excluding tert-OH is 1. The van der Waals surface area contributed by atoms with Crippen molar-refractivity contribution >= 4 is 11.0 Å². The summed E-state index contributed by atoms with van der Waals surface area (Å²) in [6, 6.07) is 8.73. The van der Waals surface area contributed by atoms with Crippen molar-refractivity contribution in [2.24, 2.45) is 0 Å². The first kappa shape index (κ1) is 16.3. The second kappa shape index (κ2) is 6.49. The zero-order chi connectivity index (χ0) is 17.3. The minimum absolute atomic E-state index is 0.125. The Kier molecular flexibility index (Phi) is 4.40. The molecule has 0 saturated heterocycles. The molecule has 0 aliphatic carbocycles. The summed E-state index contributed by atoms with van der Waals surface area (Å²) in [7, 11) is 0. The van der Waals surface area contributed by atoms with Crippen molar-refractivity contribution in [3.63, 3.8) is 0 Å². The van der Waals surface area contributed by atoms with Crippen molar-refractivity contribution in [3.05, 3.63) is 57.7 Å². The first-order chi connectivity index (χ1) is 11.4. The van der Waals surface area contributed by atoms with Crippen molar-refractivity contribution in [2.45, 2.75) is 33.4 Å². The van der Waals surface area contributed by atoms with Gasteiger partial charge in [-0.05, 0) is 44.5 Å². The van der Waals surface area contributed by atoms with Crippen molar-refractivity contribution < 1.29 is 14.3 Å². The van der Waals surface area contributed by atoms with Crippen LogP contribution in [0.2, 0.25) is 0 Å². The molecule has 1 aromatic carbocycles.